The molecule has 0 fully saturated rings. The summed E-state index contributed by atoms with van der Waals surface area (Å²) < 4.78 is 10.6. The molecule has 0 radical (unpaired) electrons. The quantitative estimate of drug-likeness (QED) is 0.866. The van der Waals surface area contributed by atoms with Crippen LogP contribution in [0, 0.1) is 0 Å². The Hall–Kier alpha value is -2.36. The van der Waals surface area contributed by atoms with Gasteiger partial charge in [-0.3, -0.25) is 0 Å². The molecular weight excluding hydrogens is 242 g/mol. The number of ether oxygens (including phenoxy) is 2. The monoisotopic (exact) mass is 259 g/mol. The van der Waals surface area contributed by atoms with E-state index in [4.69, 9.17) is 9.47 Å². The molecule has 2 aromatic carbocycles. The third-order valence-electron chi connectivity index (χ3n) is 2.81. The molecule has 0 amide bonds. The molecule has 2 N–H and O–H groups in total. The number of methoxy groups -OCH3 is 2. The molecule has 4 nitrogen and oxygen atoms in total. The lowest BCUT2D eigenvalue weighted by atomic mass is 10.1. The standard InChI is InChI=1S/C15H17NO3/c1-18-14-8-3-5-11(15(14)19-2)10-16-12-6-4-7-13(17)9-12/h3-9,16-17H,10H2,1-2H3. The van der Waals surface area contributed by atoms with Gasteiger partial charge in [0.25, 0.3) is 0 Å². The van der Waals surface area contributed by atoms with Gasteiger partial charge in [-0.1, -0.05) is 18.2 Å². The van der Waals surface area contributed by atoms with Crippen molar-refractivity contribution in [3.63, 3.8) is 0 Å². The van der Waals surface area contributed by atoms with Crippen LogP contribution in [0.4, 0.5) is 5.69 Å². The van der Waals surface area contributed by atoms with E-state index in [1.54, 1.807) is 32.4 Å². The molecule has 0 atom stereocenters. The number of aromatic hydroxyl groups is 1. The van der Waals surface area contributed by atoms with Crippen molar-refractivity contribution in [3.8, 4) is 17.2 Å². The molecule has 100 valence electrons. The van der Waals surface area contributed by atoms with Gasteiger partial charge in [-0.25, -0.2) is 0 Å². The highest BCUT2D eigenvalue weighted by Crippen LogP contribution is 2.31. The van der Waals surface area contributed by atoms with E-state index >= 15 is 0 Å². The molecule has 0 aliphatic heterocycles. The summed E-state index contributed by atoms with van der Waals surface area (Å²) in [7, 11) is 3.24. The molecule has 0 aliphatic carbocycles. The van der Waals surface area contributed by atoms with Gasteiger partial charge in [0.2, 0.25) is 0 Å². The van der Waals surface area contributed by atoms with E-state index < -0.39 is 0 Å². The van der Waals surface area contributed by atoms with Gasteiger partial charge in [-0.05, 0) is 18.2 Å². The predicted molar refractivity (Wildman–Crippen MR) is 75.0 cm³/mol. The molecule has 0 aliphatic rings. The average Bonchev–Trinajstić information content (AvgIpc) is 2.44. The topological polar surface area (TPSA) is 50.7 Å². The van der Waals surface area contributed by atoms with Crippen molar-refractivity contribution in [2.75, 3.05) is 19.5 Å². The van der Waals surface area contributed by atoms with Crippen molar-refractivity contribution in [2.45, 2.75) is 6.54 Å². The third-order valence-corrected chi connectivity index (χ3v) is 2.81. The highest BCUT2D eigenvalue weighted by Gasteiger charge is 2.08. The molecule has 0 bridgehead atoms. The first kappa shape index (κ1) is 13.1. The number of nitrogens with one attached hydrogen (secondary N) is 1. The minimum atomic E-state index is 0.239. The fourth-order valence-corrected chi connectivity index (χ4v) is 1.91. The van der Waals surface area contributed by atoms with Crippen LogP contribution >= 0.6 is 0 Å². The van der Waals surface area contributed by atoms with Crippen molar-refractivity contribution in [1.29, 1.82) is 0 Å². The van der Waals surface area contributed by atoms with Gasteiger partial charge in [0.15, 0.2) is 11.5 Å². The number of benzene rings is 2. The largest absolute Gasteiger partial charge is 0.508 e. The van der Waals surface area contributed by atoms with E-state index in [9.17, 15) is 5.11 Å². The Morgan fingerprint density at radius 1 is 1.05 bits per heavy atom. The van der Waals surface area contributed by atoms with E-state index in [-0.39, 0.29) is 5.75 Å². The Bertz CT molecular complexity index is 555. The lowest BCUT2D eigenvalue weighted by Crippen LogP contribution is -2.02. The summed E-state index contributed by atoms with van der Waals surface area (Å²) in [6.07, 6.45) is 0. The van der Waals surface area contributed by atoms with Crippen LogP contribution in [-0.4, -0.2) is 19.3 Å². The van der Waals surface area contributed by atoms with Crippen LogP contribution in [-0.2, 0) is 6.54 Å². The Kier molecular flexibility index (Phi) is 4.13. The molecule has 0 heterocycles. The molecular formula is C15H17NO3. The molecule has 2 rings (SSSR count). The summed E-state index contributed by atoms with van der Waals surface area (Å²) in [6.45, 7) is 0.587. The fraction of sp³-hybridized carbons (Fsp3) is 0.200. The summed E-state index contributed by atoms with van der Waals surface area (Å²) in [6, 6.07) is 12.7. The van der Waals surface area contributed by atoms with Crippen molar-refractivity contribution in [1.82, 2.24) is 0 Å². The normalized spacial score (nSPS) is 10.0. The first-order chi connectivity index (χ1) is 9.24. The zero-order valence-electron chi connectivity index (χ0n) is 11.0. The average molecular weight is 259 g/mol. The van der Waals surface area contributed by atoms with E-state index in [0.717, 1.165) is 17.0 Å². The number of hydrogen-bond acceptors (Lipinski definition) is 4. The molecule has 2 aromatic rings. The molecule has 0 saturated carbocycles. The molecule has 0 unspecified atom stereocenters. The maximum atomic E-state index is 9.41. The SMILES string of the molecule is COc1cccc(CNc2cccc(O)c2)c1OC. The summed E-state index contributed by atoms with van der Waals surface area (Å²) >= 11 is 0. The second-order valence-corrected chi connectivity index (χ2v) is 4.06. The van der Waals surface area contributed by atoms with E-state index in [2.05, 4.69) is 5.32 Å². The van der Waals surface area contributed by atoms with E-state index in [1.807, 2.05) is 24.3 Å². The minimum absolute atomic E-state index is 0.239. The van der Waals surface area contributed by atoms with Crippen molar-refractivity contribution in [3.05, 3.63) is 48.0 Å². The lowest BCUT2D eigenvalue weighted by molar-refractivity contribution is 0.352. The maximum absolute atomic E-state index is 9.41. The zero-order chi connectivity index (χ0) is 13.7. The zero-order valence-corrected chi connectivity index (χ0v) is 11.0. The Morgan fingerprint density at radius 2 is 1.84 bits per heavy atom. The van der Waals surface area contributed by atoms with Gasteiger partial charge in [-0.2, -0.15) is 0 Å². The third kappa shape index (κ3) is 3.10. The second-order valence-electron chi connectivity index (χ2n) is 4.06. The van der Waals surface area contributed by atoms with Crippen LogP contribution in [0.2, 0.25) is 0 Å². The van der Waals surface area contributed by atoms with Crippen LogP contribution < -0.4 is 14.8 Å². The number of anilines is 1. The molecule has 0 saturated heterocycles. The fourth-order valence-electron chi connectivity index (χ4n) is 1.91. The van der Waals surface area contributed by atoms with Crippen LogP contribution in [0.25, 0.3) is 0 Å². The second kappa shape index (κ2) is 6.00. The molecule has 0 spiro atoms. The highest BCUT2D eigenvalue weighted by atomic mass is 16.5. The van der Waals surface area contributed by atoms with Crippen molar-refractivity contribution >= 4 is 5.69 Å². The Balaban J connectivity index is 2.15. The Morgan fingerprint density at radius 3 is 2.53 bits per heavy atom. The number of hydrogen-bond donors (Lipinski definition) is 2. The smallest absolute Gasteiger partial charge is 0.165 e. The van der Waals surface area contributed by atoms with E-state index in [0.29, 0.717) is 12.3 Å². The van der Waals surface area contributed by atoms with Gasteiger partial charge in [0.1, 0.15) is 5.75 Å². The molecule has 4 heteroatoms. The van der Waals surface area contributed by atoms with Gasteiger partial charge in [0.05, 0.1) is 14.2 Å². The van der Waals surface area contributed by atoms with Crippen molar-refractivity contribution in [2.24, 2.45) is 0 Å². The predicted octanol–water partition coefficient (Wildman–Crippen LogP) is 3.02. The van der Waals surface area contributed by atoms with Gasteiger partial charge in [0, 0.05) is 23.9 Å². The summed E-state index contributed by atoms with van der Waals surface area (Å²) in [5.41, 5.74) is 1.84. The first-order valence-electron chi connectivity index (χ1n) is 5.97. The molecule has 0 aromatic heterocycles. The van der Waals surface area contributed by atoms with Gasteiger partial charge in [-0.15, -0.1) is 0 Å². The number of phenols is 1. The van der Waals surface area contributed by atoms with Crippen LogP contribution in [0.1, 0.15) is 5.56 Å². The molecule has 19 heavy (non-hydrogen) atoms. The summed E-state index contributed by atoms with van der Waals surface area (Å²) in [4.78, 5) is 0. The van der Waals surface area contributed by atoms with Crippen LogP contribution in [0.15, 0.2) is 42.5 Å². The first-order valence-corrected chi connectivity index (χ1v) is 5.97. The van der Waals surface area contributed by atoms with Gasteiger partial charge < -0.3 is 19.9 Å². The summed E-state index contributed by atoms with van der Waals surface area (Å²) in [5.74, 6) is 1.66. The van der Waals surface area contributed by atoms with E-state index in [1.165, 1.54) is 0 Å². The minimum Gasteiger partial charge on any atom is -0.508 e. The number of phenolic OH excluding ortho intramolecular Hbond substituents is 1. The highest BCUT2D eigenvalue weighted by molar-refractivity contribution is 5.51. The van der Waals surface area contributed by atoms with Crippen molar-refractivity contribution < 1.29 is 14.6 Å². The van der Waals surface area contributed by atoms with Crippen LogP contribution in [0.3, 0.4) is 0 Å². The summed E-state index contributed by atoms with van der Waals surface area (Å²) in [5, 5.41) is 12.6. The maximum Gasteiger partial charge on any atom is 0.165 e. The number of para-hydroxylation sites is 1. The van der Waals surface area contributed by atoms with Gasteiger partial charge >= 0.3 is 0 Å². The Labute approximate surface area is 112 Å². The lowest BCUT2D eigenvalue weighted by Gasteiger charge is -2.13. The number of rotatable bonds is 5. The van der Waals surface area contributed by atoms with Crippen LogP contribution in [0.5, 0.6) is 17.2 Å².